The molecule has 0 aromatic carbocycles. The van der Waals surface area contributed by atoms with Crippen LogP contribution in [0.15, 0.2) is 0 Å². The highest BCUT2D eigenvalue weighted by atomic mass is 15.2. The van der Waals surface area contributed by atoms with E-state index in [1.165, 1.54) is 51.9 Å². The smallest absolute Gasteiger partial charge is 0.0235 e. The molecule has 0 aromatic heterocycles. The van der Waals surface area contributed by atoms with E-state index in [0.29, 0.717) is 0 Å². The zero-order valence-electron chi connectivity index (χ0n) is 11.3. The number of likely N-dealkylation sites (tertiary alicyclic amines) is 1. The van der Waals surface area contributed by atoms with Crippen LogP contribution in [0, 0.1) is 11.8 Å². The van der Waals surface area contributed by atoms with Crippen LogP contribution in [0.2, 0.25) is 0 Å². The van der Waals surface area contributed by atoms with E-state index in [1.54, 1.807) is 0 Å². The minimum Gasteiger partial charge on any atom is -0.305 e. The molecule has 1 aliphatic carbocycles. The predicted octanol–water partition coefficient (Wildman–Crippen LogP) is 2.45. The minimum absolute atomic E-state index is 0.840. The summed E-state index contributed by atoms with van der Waals surface area (Å²) in [5.41, 5.74) is 0. The first-order chi connectivity index (χ1) is 7.69. The molecule has 0 aromatic rings. The van der Waals surface area contributed by atoms with Gasteiger partial charge in [0.25, 0.3) is 0 Å². The van der Waals surface area contributed by atoms with Crippen molar-refractivity contribution < 1.29 is 0 Å². The lowest BCUT2D eigenvalue weighted by Gasteiger charge is -2.35. The molecule has 2 nitrogen and oxygen atoms in total. The first-order valence-corrected chi connectivity index (χ1v) is 7.11. The number of nitrogens with zero attached hydrogens (tertiary/aromatic N) is 2. The van der Waals surface area contributed by atoms with Crippen LogP contribution in [0.5, 0.6) is 0 Å². The highest BCUT2D eigenvalue weighted by Gasteiger charge is 2.28. The van der Waals surface area contributed by atoms with Gasteiger partial charge in [-0.15, -0.1) is 0 Å². The zero-order valence-corrected chi connectivity index (χ0v) is 11.3. The Morgan fingerprint density at radius 3 is 2.56 bits per heavy atom. The lowest BCUT2D eigenvalue weighted by molar-refractivity contribution is 0.145. The number of likely N-dealkylation sites (N-methyl/N-ethyl adjacent to an activating group) is 2. The largest absolute Gasteiger partial charge is 0.305 e. The predicted molar refractivity (Wildman–Crippen MR) is 69.7 cm³/mol. The molecule has 0 bridgehead atoms. The van der Waals surface area contributed by atoms with Gasteiger partial charge in [-0.1, -0.05) is 13.8 Å². The van der Waals surface area contributed by atoms with Gasteiger partial charge in [-0.05, 0) is 64.2 Å². The first-order valence-electron chi connectivity index (χ1n) is 7.11. The standard InChI is InChI=1S/C14H28N2/c1-4-16(14-6-7-15(3)11-14)8-5-13-9-12(2)10-13/h12-14H,4-11H2,1-3H3. The Bertz CT molecular complexity index is 211. The summed E-state index contributed by atoms with van der Waals surface area (Å²) < 4.78 is 0. The second-order valence-electron chi connectivity index (χ2n) is 6.06. The summed E-state index contributed by atoms with van der Waals surface area (Å²) in [6.45, 7) is 9.87. The van der Waals surface area contributed by atoms with Gasteiger partial charge in [-0.3, -0.25) is 4.90 Å². The highest BCUT2D eigenvalue weighted by Crippen LogP contribution is 2.35. The third kappa shape index (κ3) is 2.98. The Morgan fingerprint density at radius 2 is 2.06 bits per heavy atom. The van der Waals surface area contributed by atoms with Gasteiger partial charge in [0.1, 0.15) is 0 Å². The fourth-order valence-corrected chi connectivity index (χ4v) is 3.46. The number of hydrogen-bond donors (Lipinski definition) is 0. The average Bonchev–Trinajstić information content (AvgIpc) is 2.63. The summed E-state index contributed by atoms with van der Waals surface area (Å²) in [7, 11) is 2.25. The summed E-state index contributed by atoms with van der Waals surface area (Å²) in [6.07, 6.45) is 5.80. The number of rotatable bonds is 5. The summed E-state index contributed by atoms with van der Waals surface area (Å²) in [4.78, 5) is 5.19. The molecule has 2 heteroatoms. The Hall–Kier alpha value is -0.0800. The molecule has 2 fully saturated rings. The van der Waals surface area contributed by atoms with Crippen LogP contribution in [-0.4, -0.2) is 49.1 Å². The van der Waals surface area contributed by atoms with Crippen molar-refractivity contribution in [1.29, 1.82) is 0 Å². The van der Waals surface area contributed by atoms with E-state index in [9.17, 15) is 0 Å². The van der Waals surface area contributed by atoms with E-state index >= 15 is 0 Å². The Morgan fingerprint density at radius 1 is 1.31 bits per heavy atom. The summed E-state index contributed by atoms with van der Waals surface area (Å²) in [6, 6.07) is 0.840. The Kier molecular flexibility index (Phi) is 4.26. The van der Waals surface area contributed by atoms with Crippen LogP contribution in [0.25, 0.3) is 0 Å². The molecule has 0 radical (unpaired) electrons. The molecule has 2 rings (SSSR count). The second-order valence-corrected chi connectivity index (χ2v) is 6.06. The molecule has 1 saturated carbocycles. The molecular weight excluding hydrogens is 196 g/mol. The molecule has 94 valence electrons. The molecule has 1 aliphatic heterocycles. The van der Waals surface area contributed by atoms with Crippen molar-refractivity contribution in [2.24, 2.45) is 11.8 Å². The van der Waals surface area contributed by atoms with Gasteiger partial charge in [0.2, 0.25) is 0 Å². The van der Waals surface area contributed by atoms with Crippen LogP contribution in [0.1, 0.15) is 39.5 Å². The minimum atomic E-state index is 0.840. The Balaban J connectivity index is 1.69. The fourth-order valence-electron chi connectivity index (χ4n) is 3.46. The third-order valence-electron chi connectivity index (χ3n) is 4.59. The second kappa shape index (κ2) is 5.50. The van der Waals surface area contributed by atoms with Crippen LogP contribution in [-0.2, 0) is 0 Å². The molecular formula is C14H28N2. The maximum Gasteiger partial charge on any atom is 0.0235 e. The van der Waals surface area contributed by atoms with Crippen LogP contribution >= 0.6 is 0 Å². The van der Waals surface area contributed by atoms with Gasteiger partial charge in [0.05, 0.1) is 0 Å². The molecule has 1 saturated heterocycles. The Labute approximate surface area is 101 Å². The molecule has 1 unspecified atom stereocenters. The molecule has 2 aliphatic rings. The summed E-state index contributed by atoms with van der Waals surface area (Å²) in [5.74, 6) is 2.06. The van der Waals surface area contributed by atoms with Gasteiger partial charge in [0.15, 0.2) is 0 Å². The van der Waals surface area contributed by atoms with Crippen LogP contribution in [0.3, 0.4) is 0 Å². The van der Waals surface area contributed by atoms with E-state index < -0.39 is 0 Å². The van der Waals surface area contributed by atoms with E-state index in [4.69, 9.17) is 0 Å². The molecule has 1 atom stereocenters. The summed E-state index contributed by atoms with van der Waals surface area (Å²) >= 11 is 0. The lowest BCUT2D eigenvalue weighted by Crippen LogP contribution is -2.39. The van der Waals surface area contributed by atoms with Crippen molar-refractivity contribution in [3.63, 3.8) is 0 Å². The van der Waals surface area contributed by atoms with Gasteiger partial charge >= 0.3 is 0 Å². The molecule has 1 heterocycles. The molecule has 16 heavy (non-hydrogen) atoms. The third-order valence-corrected chi connectivity index (χ3v) is 4.59. The van der Waals surface area contributed by atoms with E-state index in [2.05, 4.69) is 30.7 Å². The first kappa shape index (κ1) is 12.4. The lowest BCUT2D eigenvalue weighted by atomic mass is 9.74. The maximum absolute atomic E-state index is 2.71. The van der Waals surface area contributed by atoms with E-state index in [-0.39, 0.29) is 0 Å². The molecule has 0 spiro atoms. The van der Waals surface area contributed by atoms with E-state index in [1.807, 2.05) is 0 Å². The van der Waals surface area contributed by atoms with Crippen molar-refractivity contribution in [3.8, 4) is 0 Å². The van der Waals surface area contributed by atoms with Crippen molar-refractivity contribution in [2.75, 3.05) is 33.2 Å². The quantitative estimate of drug-likeness (QED) is 0.708. The van der Waals surface area contributed by atoms with Crippen molar-refractivity contribution in [1.82, 2.24) is 9.80 Å². The van der Waals surface area contributed by atoms with E-state index in [0.717, 1.165) is 17.9 Å². The zero-order chi connectivity index (χ0) is 11.5. The van der Waals surface area contributed by atoms with Gasteiger partial charge < -0.3 is 4.90 Å². The fraction of sp³-hybridized carbons (Fsp3) is 1.00. The molecule has 0 amide bonds. The average molecular weight is 224 g/mol. The SMILES string of the molecule is CCN(CCC1CC(C)C1)C1CCN(C)C1. The van der Waals surface area contributed by atoms with Crippen molar-refractivity contribution >= 4 is 0 Å². The van der Waals surface area contributed by atoms with Gasteiger partial charge in [-0.2, -0.15) is 0 Å². The highest BCUT2D eigenvalue weighted by molar-refractivity contribution is 4.83. The summed E-state index contributed by atoms with van der Waals surface area (Å²) in [5, 5.41) is 0. The van der Waals surface area contributed by atoms with Gasteiger partial charge in [-0.25, -0.2) is 0 Å². The number of hydrogen-bond acceptors (Lipinski definition) is 2. The normalized spacial score (nSPS) is 35.6. The van der Waals surface area contributed by atoms with Crippen molar-refractivity contribution in [3.05, 3.63) is 0 Å². The van der Waals surface area contributed by atoms with Crippen LogP contribution < -0.4 is 0 Å². The monoisotopic (exact) mass is 224 g/mol. The van der Waals surface area contributed by atoms with Gasteiger partial charge in [0, 0.05) is 12.6 Å². The van der Waals surface area contributed by atoms with Crippen molar-refractivity contribution in [2.45, 2.75) is 45.6 Å². The van der Waals surface area contributed by atoms with Crippen LogP contribution in [0.4, 0.5) is 0 Å². The maximum atomic E-state index is 2.71. The molecule has 0 N–H and O–H groups in total. The topological polar surface area (TPSA) is 6.48 Å².